The first-order chi connectivity index (χ1) is 12.8. The van der Waals surface area contributed by atoms with E-state index in [1.807, 2.05) is 19.0 Å². The number of aryl methyl sites for hydroxylation is 2. The van der Waals surface area contributed by atoms with Crippen molar-refractivity contribution in [2.24, 2.45) is 7.05 Å². The van der Waals surface area contributed by atoms with Gasteiger partial charge in [0.1, 0.15) is 5.82 Å². The Hall–Kier alpha value is -2.31. The molecule has 11 nitrogen and oxygen atoms in total. The predicted molar refractivity (Wildman–Crippen MR) is 99.2 cm³/mol. The molecule has 0 aliphatic carbocycles. The van der Waals surface area contributed by atoms with Crippen LogP contribution < -0.4 is 14.5 Å². The second-order valence-electron chi connectivity index (χ2n) is 6.41. The summed E-state index contributed by atoms with van der Waals surface area (Å²) < 4.78 is 34.5. The van der Waals surface area contributed by atoms with Crippen LogP contribution in [0.4, 0.5) is 11.9 Å². The fourth-order valence-corrected chi connectivity index (χ4v) is 3.48. The highest BCUT2D eigenvalue weighted by Crippen LogP contribution is 2.15. The largest absolute Gasteiger partial charge is 0.378 e. The summed E-state index contributed by atoms with van der Waals surface area (Å²) in [5.41, 5.74) is 0. The molecule has 0 atom stereocenters. The van der Waals surface area contributed by atoms with Gasteiger partial charge in [0.25, 0.3) is 10.0 Å². The van der Waals surface area contributed by atoms with Gasteiger partial charge in [-0.1, -0.05) is 0 Å². The molecule has 0 saturated carbocycles. The summed E-state index contributed by atoms with van der Waals surface area (Å²) in [4.78, 5) is 21.0. The number of ether oxygens (including phenoxy) is 1. The maximum atomic E-state index is 12.5. The van der Waals surface area contributed by atoms with Gasteiger partial charge in [0.05, 0.1) is 19.8 Å². The van der Waals surface area contributed by atoms with Crippen molar-refractivity contribution < 1.29 is 13.2 Å². The zero-order chi connectivity index (χ0) is 19.6. The topological polar surface area (TPSA) is 118 Å². The van der Waals surface area contributed by atoms with Crippen molar-refractivity contribution in [2.45, 2.75) is 18.5 Å². The zero-order valence-electron chi connectivity index (χ0n) is 15.9. The van der Waals surface area contributed by atoms with Gasteiger partial charge in [0.2, 0.25) is 11.9 Å². The number of sulfonamides is 1. The lowest BCUT2D eigenvalue weighted by molar-refractivity contribution is 0.122. The lowest BCUT2D eigenvalue weighted by Gasteiger charge is -2.27. The molecule has 0 unspecified atom stereocenters. The minimum atomic E-state index is -3.76. The number of hydrogen-bond donors (Lipinski definition) is 1. The molecule has 2 aromatic rings. The normalized spacial score (nSPS) is 15.2. The van der Waals surface area contributed by atoms with Gasteiger partial charge in [-0.15, -0.1) is 0 Å². The fraction of sp³-hybridized carbons (Fsp3) is 0.600. The molecule has 2 aromatic heterocycles. The molecule has 0 radical (unpaired) electrons. The SMILES string of the molecule is Cc1nc(S(=O)(=O)NCc2nc(N(C)C)nc(N3CCOCC3)n2)cn1C. The molecule has 0 aromatic carbocycles. The van der Waals surface area contributed by atoms with Crippen LogP contribution in [0.5, 0.6) is 0 Å². The summed E-state index contributed by atoms with van der Waals surface area (Å²) in [6, 6.07) is 0. The molecule has 1 saturated heterocycles. The van der Waals surface area contributed by atoms with E-state index in [1.165, 1.54) is 6.20 Å². The van der Waals surface area contributed by atoms with E-state index in [-0.39, 0.29) is 11.6 Å². The molecule has 0 amide bonds. The molecule has 0 bridgehead atoms. The number of aromatic nitrogens is 5. The van der Waals surface area contributed by atoms with Crippen molar-refractivity contribution >= 4 is 21.9 Å². The Labute approximate surface area is 158 Å². The third-order valence-electron chi connectivity index (χ3n) is 4.13. The smallest absolute Gasteiger partial charge is 0.260 e. The Morgan fingerprint density at radius 1 is 1.19 bits per heavy atom. The maximum Gasteiger partial charge on any atom is 0.260 e. The first kappa shape index (κ1) is 19.5. The molecule has 148 valence electrons. The lowest BCUT2D eigenvalue weighted by atomic mass is 10.4. The van der Waals surface area contributed by atoms with Crippen LogP contribution in [-0.2, 0) is 28.4 Å². The van der Waals surface area contributed by atoms with E-state index < -0.39 is 10.0 Å². The molecule has 3 rings (SSSR count). The van der Waals surface area contributed by atoms with Crippen molar-refractivity contribution in [1.29, 1.82) is 0 Å². The predicted octanol–water partition coefficient (Wildman–Crippen LogP) is -0.705. The monoisotopic (exact) mass is 396 g/mol. The van der Waals surface area contributed by atoms with Crippen LogP contribution in [0.3, 0.4) is 0 Å². The summed E-state index contributed by atoms with van der Waals surface area (Å²) in [5, 5.41) is -0.0298. The summed E-state index contributed by atoms with van der Waals surface area (Å²) >= 11 is 0. The number of rotatable bonds is 6. The van der Waals surface area contributed by atoms with Gasteiger partial charge in [-0.3, -0.25) is 0 Å². The van der Waals surface area contributed by atoms with E-state index in [9.17, 15) is 8.42 Å². The van der Waals surface area contributed by atoms with Gasteiger partial charge >= 0.3 is 0 Å². The number of morpholine rings is 1. The average molecular weight is 396 g/mol. The van der Waals surface area contributed by atoms with E-state index >= 15 is 0 Å². The van der Waals surface area contributed by atoms with Crippen LogP contribution in [0.1, 0.15) is 11.6 Å². The van der Waals surface area contributed by atoms with Crippen molar-refractivity contribution in [3.8, 4) is 0 Å². The summed E-state index contributed by atoms with van der Waals surface area (Å²) in [6.07, 6.45) is 1.47. The molecule has 1 aliphatic heterocycles. The Kier molecular flexibility index (Phi) is 5.58. The van der Waals surface area contributed by atoms with Crippen molar-refractivity contribution in [3.05, 3.63) is 17.8 Å². The minimum absolute atomic E-state index is 0.0298. The van der Waals surface area contributed by atoms with E-state index in [0.717, 1.165) is 0 Å². The Balaban J connectivity index is 1.81. The molecule has 27 heavy (non-hydrogen) atoms. The van der Waals surface area contributed by atoms with Crippen molar-refractivity contribution in [2.75, 3.05) is 50.2 Å². The van der Waals surface area contributed by atoms with Gasteiger partial charge in [-0.25, -0.2) is 18.1 Å². The molecule has 1 N–H and O–H groups in total. The fourth-order valence-electron chi connectivity index (χ4n) is 2.47. The molecule has 0 spiro atoms. The van der Waals surface area contributed by atoms with E-state index in [1.54, 1.807) is 23.4 Å². The highest BCUT2D eigenvalue weighted by atomic mass is 32.2. The molecular formula is C15H24N8O3S. The van der Waals surface area contributed by atoms with Gasteiger partial charge in [0.15, 0.2) is 10.9 Å². The first-order valence-electron chi connectivity index (χ1n) is 8.51. The van der Waals surface area contributed by atoms with Crippen LogP contribution in [0.2, 0.25) is 0 Å². The average Bonchev–Trinajstić information content (AvgIpc) is 3.00. The molecule has 3 heterocycles. The highest BCUT2D eigenvalue weighted by molar-refractivity contribution is 7.89. The van der Waals surface area contributed by atoms with Gasteiger partial charge in [-0.2, -0.15) is 15.0 Å². The van der Waals surface area contributed by atoms with E-state index in [0.29, 0.717) is 49.8 Å². The van der Waals surface area contributed by atoms with E-state index in [2.05, 4.69) is 24.7 Å². The molecular weight excluding hydrogens is 372 g/mol. The number of nitrogens with one attached hydrogen (secondary N) is 1. The standard InChI is InChI=1S/C15H24N8O3S/c1-11-17-13(10-22(11)4)27(24,25)16-9-12-18-14(21(2)3)20-15(19-12)23-5-7-26-8-6-23/h10,16H,5-9H2,1-4H3. The first-order valence-corrected chi connectivity index (χ1v) is 9.99. The van der Waals surface area contributed by atoms with Gasteiger partial charge in [0, 0.05) is 40.4 Å². The quantitative estimate of drug-likeness (QED) is 0.676. The third-order valence-corrected chi connectivity index (χ3v) is 5.41. The van der Waals surface area contributed by atoms with Crippen LogP contribution in [0.25, 0.3) is 0 Å². The lowest BCUT2D eigenvalue weighted by Crippen LogP contribution is -2.38. The molecule has 1 fully saturated rings. The minimum Gasteiger partial charge on any atom is -0.378 e. The number of imidazole rings is 1. The van der Waals surface area contributed by atoms with E-state index in [4.69, 9.17) is 4.74 Å². The summed E-state index contributed by atoms with van der Waals surface area (Å²) in [6.45, 7) is 4.24. The molecule has 12 heteroatoms. The summed E-state index contributed by atoms with van der Waals surface area (Å²) in [7, 11) is 1.63. The maximum absolute atomic E-state index is 12.5. The second kappa shape index (κ2) is 7.74. The highest BCUT2D eigenvalue weighted by Gasteiger charge is 2.21. The Morgan fingerprint density at radius 2 is 1.89 bits per heavy atom. The van der Waals surface area contributed by atoms with Crippen LogP contribution in [-0.4, -0.2) is 73.3 Å². The Morgan fingerprint density at radius 3 is 2.48 bits per heavy atom. The van der Waals surface area contributed by atoms with Crippen LogP contribution >= 0.6 is 0 Å². The van der Waals surface area contributed by atoms with Gasteiger partial charge < -0.3 is 19.1 Å². The second-order valence-corrected chi connectivity index (χ2v) is 8.12. The van der Waals surface area contributed by atoms with Gasteiger partial charge in [-0.05, 0) is 6.92 Å². The summed E-state index contributed by atoms with van der Waals surface area (Å²) in [5.74, 6) is 1.93. The Bertz CT molecular complexity index is 886. The molecule has 1 aliphatic rings. The van der Waals surface area contributed by atoms with Crippen molar-refractivity contribution in [1.82, 2.24) is 29.2 Å². The third kappa shape index (κ3) is 4.51. The number of nitrogens with zero attached hydrogens (tertiary/aromatic N) is 7. The van der Waals surface area contributed by atoms with Crippen LogP contribution in [0.15, 0.2) is 11.2 Å². The van der Waals surface area contributed by atoms with Crippen LogP contribution in [0, 0.1) is 6.92 Å². The zero-order valence-corrected chi connectivity index (χ0v) is 16.7. The van der Waals surface area contributed by atoms with Crippen molar-refractivity contribution in [3.63, 3.8) is 0 Å². The number of anilines is 2. The number of hydrogen-bond acceptors (Lipinski definition) is 9.